The molecule has 0 unspecified atom stereocenters. The second-order valence-electron chi connectivity index (χ2n) is 7.59. The fraction of sp³-hybridized carbons (Fsp3) is 0.273. The number of rotatable bonds is 3. The summed E-state index contributed by atoms with van der Waals surface area (Å²) in [6, 6.07) is 6.46. The van der Waals surface area contributed by atoms with Crippen LogP contribution in [0.25, 0.3) is 22.3 Å². The van der Waals surface area contributed by atoms with Crippen LogP contribution in [-0.2, 0) is 11.8 Å². The van der Waals surface area contributed by atoms with Gasteiger partial charge in [-0.15, -0.1) is 0 Å². The van der Waals surface area contributed by atoms with E-state index < -0.39 is 5.82 Å². The first-order valence-corrected chi connectivity index (χ1v) is 10.3. The molecule has 7 nitrogen and oxygen atoms in total. The largest absolute Gasteiger partial charge is 0.370 e. The van der Waals surface area contributed by atoms with Gasteiger partial charge in [-0.1, -0.05) is 11.6 Å². The normalized spacial score (nSPS) is 16.8. The van der Waals surface area contributed by atoms with Gasteiger partial charge in [-0.05, 0) is 25.1 Å². The minimum absolute atomic E-state index is 0.126. The van der Waals surface area contributed by atoms with E-state index >= 15 is 0 Å². The van der Waals surface area contributed by atoms with Gasteiger partial charge in [0.1, 0.15) is 28.9 Å². The van der Waals surface area contributed by atoms with E-state index in [2.05, 4.69) is 20.0 Å². The van der Waals surface area contributed by atoms with Crippen LogP contribution in [-0.4, -0.2) is 44.4 Å². The van der Waals surface area contributed by atoms with E-state index in [0.29, 0.717) is 52.8 Å². The first kappa shape index (κ1) is 19.8. The van der Waals surface area contributed by atoms with Crippen LogP contribution in [0.3, 0.4) is 0 Å². The summed E-state index contributed by atoms with van der Waals surface area (Å²) in [5.74, 6) is 0.255. The molecule has 1 aromatic carbocycles. The van der Waals surface area contributed by atoms with Gasteiger partial charge in [0.2, 0.25) is 0 Å². The second kappa shape index (κ2) is 7.86. The van der Waals surface area contributed by atoms with Gasteiger partial charge in [0, 0.05) is 54.7 Å². The van der Waals surface area contributed by atoms with E-state index in [4.69, 9.17) is 21.3 Å². The lowest BCUT2D eigenvalue weighted by molar-refractivity contribution is 0.0395. The molecule has 1 aliphatic rings. The molecule has 31 heavy (non-hydrogen) atoms. The van der Waals surface area contributed by atoms with Crippen molar-refractivity contribution in [3.05, 3.63) is 65.0 Å². The monoisotopic (exact) mass is 438 g/mol. The first-order valence-electron chi connectivity index (χ1n) is 9.93. The summed E-state index contributed by atoms with van der Waals surface area (Å²) in [6.45, 7) is 3.69. The standard InChI is InChI=1S/C22H20ClFN6O/c1-13-9-25-22-18(27-13)8-20(28-21(22)16-4-3-15(23)7-17(16)24)30-5-6-31-19(12-30)14-10-26-29(2)11-14/h3-4,7-11,19H,5-6,12H2,1-2H3/t19-/m0/s1. The zero-order valence-electron chi connectivity index (χ0n) is 17.1. The Kier molecular flexibility index (Phi) is 5.03. The first-order chi connectivity index (χ1) is 15.0. The number of halogens is 2. The van der Waals surface area contributed by atoms with Crippen molar-refractivity contribution >= 4 is 28.5 Å². The zero-order valence-corrected chi connectivity index (χ0v) is 17.8. The lowest BCUT2D eigenvalue weighted by atomic mass is 10.1. The predicted octanol–water partition coefficient (Wildman–Crippen LogP) is 4.10. The SMILES string of the molecule is Cc1cnc2c(-c3ccc(Cl)cc3F)nc(N3CCO[C@H](c4cnn(C)c4)C3)cc2n1. The molecule has 0 bridgehead atoms. The Labute approximate surface area is 183 Å². The number of pyridine rings is 1. The molecule has 5 rings (SSSR count). The predicted molar refractivity (Wildman–Crippen MR) is 117 cm³/mol. The Morgan fingerprint density at radius 2 is 2.06 bits per heavy atom. The molecule has 0 amide bonds. The van der Waals surface area contributed by atoms with Gasteiger partial charge in [-0.2, -0.15) is 5.10 Å². The Morgan fingerprint density at radius 3 is 2.84 bits per heavy atom. The number of benzene rings is 1. The number of fused-ring (bicyclic) bond motifs is 1. The maximum atomic E-state index is 14.8. The van der Waals surface area contributed by atoms with Gasteiger partial charge in [-0.25, -0.2) is 14.4 Å². The molecule has 3 aromatic heterocycles. The Morgan fingerprint density at radius 1 is 1.19 bits per heavy atom. The number of hydrogen-bond donors (Lipinski definition) is 0. The average molecular weight is 439 g/mol. The number of morpholine rings is 1. The highest BCUT2D eigenvalue weighted by molar-refractivity contribution is 6.30. The van der Waals surface area contributed by atoms with Crippen molar-refractivity contribution < 1.29 is 9.13 Å². The lowest BCUT2D eigenvalue weighted by Crippen LogP contribution is -2.38. The van der Waals surface area contributed by atoms with Gasteiger partial charge in [-0.3, -0.25) is 9.67 Å². The zero-order chi connectivity index (χ0) is 21.5. The average Bonchev–Trinajstić information content (AvgIpc) is 3.19. The van der Waals surface area contributed by atoms with Crippen LogP contribution in [0.15, 0.2) is 42.9 Å². The van der Waals surface area contributed by atoms with Crippen molar-refractivity contribution in [3.8, 4) is 11.3 Å². The number of aryl methyl sites for hydroxylation is 2. The van der Waals surface area contributed by atoms with Crippen LogP contribution in [0.4, 0.5) is 10.2 Å². The van der Waals surface area contributed by atoms with Crippen LogP contribution in [0.5, 0.6) is 0 Å². The van der Waals surface area contributed by atoms with Crippen LogP contribution in [0.1, 0.15) is 17.4 Å². The summed E-state index contributed by atoms with van der Waals surface area (Å²) >= 11 is 5.96. The van der Waals surface area contributed by atoms with Gasteiger partial charge in [0.25, 0.3) is 0 Å². The molecule has 1 aliphatic heterocycles. The van der Waals surface area contributed by atoms with E-state index in [1.807, 2.05) is 32.4 Å². The molecule has 1 atom stereocenters. The molecule has 0 saturated carbocycles. The highest BCUT2D eigenvalue weighted by atomic mass is 35.5. The second-order valence-corrected chi connectivity index (χ2v) is 8.02. The maximum Gasteiger partial charge on any atom is 0.134 e. The Hall–Kier alpha value is -3.10. The van der Waals surface area contributed by atoms with Gasteiger partial charge >= 0.3 is 0 Å². The number of anilines is 1. The third-order valence-corrected chi connectivity index (χ3v) is 5.54. The van der Waals surface area contributed by atoms with Crippen molar-refractivity contribution in [1.82, 2.24) is 24.7 Å². The summed E-state index contributed by atoms with van der Waals surface area (Å²) in [6.07, 6.45) is 5.30. The minimum atomic E-state index is -0.448. The number of ether oxygens (including phenoxy) is 1. The van der Waals surface area contributed by atoms with Crippen LogP contribution < -0.4 is 4.90 Å². The topological polar surface area (TPSA) is 69.0 Å². The van der Waals surface area contributed by atoms with E-state index in [-0.39, 0.29) is 6.10 Å². The molecule has 0 radical (unpaired) electrons. The Bertz CT molecular complexity index is 1280. The summed E-state index contributed by atoms with van der Waals surface area (Å²) in [5.41, 5.74) is 3.78. The molecule has 158 valence electrons. The molecule has 0 N–H and O–H groups in total. The molecule has 0 spiro atoms. The fourth-order valence-electron chi connectivity index (χ4n) is 3.80. The molecular weight excluding hydrogens is 419 g/mol. The van der Waals surface area contributed by atoms with Crippen molar-refractivity contribution in [2.45, 2.75) is 13.0 Å². The molecule has 4 aromatic rings. The van der Waals surface area contributed by atoms with Gasteiger partial charge < -0.3 is 9.64 Å². The van der Waals surface area contributed by atoms with E-state index in [1.165, 1.54) is 6.07 Å². The number of nitrogens with zero attached hydrogens (tertiary/aromatic N) is 6. The van der Waals surface area contributed by atoms with Crippen LogP contribution in [0.2, 0.25) is 5.02 Å². The highest BCUT2D eigenvalue weighted by Crippen LogP contribution is 2.33. The molecule has 0 aliphatic carbocycles. The maximum absolute atomic E-state index is 14.8. The molecule has 1 fully saturated rings. The van der Waals surface area contributed by atoms with Gasteiger partial charge in [0.15, 0.2) is 0 Å². The molecule has 4 heterocycles. The summed E-state index contributed by atoms with van der Waals surface area (Å²) in [7, 11) is 1.88. The fourth-order valence-corrected chi connectivity index (χ4v) is 3.96. The van der Waals surface area contributed by atoms with Crippen molar-refractivity contribution in [1.29, 1.82) is 0 Å². The van der Waals surface area contributed by atoms with E-state index in [0.717, 1.165) is 11.3 Å². The van der Waals surface area contributed by atoms with Crippen LogP contribution in [0, 0.1) is 12.7 Å². The highest BCUT2D eigenvalue weighted by Gasteiger charge is 2.25. The summed E-state index contributed by atoms with van der Waals surface area (Å²) in [5, 5.41) is 4.57. The summed E-state index contributed by atoms with van der Waals surface area (Å²) in [4.78, 5) is 16.1. The molecule has 9 heteroatoms. The molecule has 1 saturated heterocycles. The quantitative estimate of drug-likeness (QED) is 0.479. The van der Waals surface area contributed by atoms with Crippen molar-refractivity contribution in [3.63, 3.8) is 0 Å². The smallest absolute Gasteiger partial charge is 0.134 e. The minimum Gasteiger partial charge on any atom is -0.370 e. The number of aromatic nitrogens is 5. The van der Waals surface area contributed by atoms with E-state index in [1.54, 1.807) is 23.0 Å². The van der Waals surface area contributed by atoms with Crippen molar-refractivity contribution in [2.75, 3.05) is 24.6 Å². The summed E-state index contributed by atoms with van der Waals surface area (Å²) < 4.78 is 22.5. The van der Waals surface area contributed by atoms with Crippen molar-refractivity contribution in [2.24, 2.45) is 7.05 Å². The lowest BCUT2D eigenvalue weighted by Gasteiger charge is -2.33. The van der Waals surface area contributed by atoms with E-state index in [9.17, 15) is 4.39 Å². The third-order valence-electron chi connectivity index (χ3n) is 5.31. The Balaban J connectivity index is 1.60. The third kappa shape index (κ3) is 3.84. The molecular formula is C22H20ClFN6O. The number of hydrogen-bond acceptors (Lipinski definition) is 6. The van der Waals surface area contributed by atoms with Crippen LogP contribution >= 0.6 is 11.6 Å². The van der Waals surface area contributed by atoms with Gasteiger partial charge in [0.05, 0.1) is 24.0 Å².